The van der Waals surface area contributed by atoms with Gasteiger partial charge in [0.1, 0.15) is 6.61 Å². The second kappa shape index (κ2) is 12.5. The molecule has 3 N–H and O–H groups in total. The zero-order chi connectivity index (χ0) is 24.3. The van der Waals surface area contributed by atoms with Crippen LogP contribution in [0.3, 0.4) is 0 Å². The van der Waals surface area contributed by atoms with Crippen LogP contribution in [0.1, 0.15) is 29.9 Å². The van der Waals surface area contributed by atoms with Crippen molar-refractivity contribution < 1.29 is 29.0 Å². The topological polar surface area (TPSA) is 156 Å². The number of hydrogen-bond donors (Lipinski definition) is 2. The maximum Gasteiger partial charge on any atom is 0.508 e. The van der Waals surface area contributed by atoms with Gasteiger partial charge < -0.3 is 25.4 Å². The Balaban J connectivity index is 1.45. The maximum atomic E-state index is 12.8. The quantitative estimate of drug-likeness (QED) is 0.168. The average Bonchev–Trinajstić information content (AvgIpc) is 3.23. The number of ether oxygens (including phenoxy) is 2. The van der Waals surface area contributed by atoms with Gasteiger partial charge in [0.25, 0.3) is 5.09 Å². The van der Waals surface area contributed by atoms with Crippen LogP contribution in [-0.2, 0) is 25.7 Å². The normalized spacial score (nSPS) is 11.6. The molecule has 2 aromatic heterocycles. The van der Waals surface area contributed by atoms with E-state index in [1.807, 2.05) is 12.1 Å². The van der Waals surface area contributed by atoms with Crippen LogP contribution in [0.4, 0.5) is 9.80 Å². The largest absolute Gasteiger partial charge is 0.508 e. The van der Waals surface area contributed by atoms with E-state index in [-0.39, 0.29) is 32.3 Å². The van der Waals surface area contributed by atoms with Crippen molar-refractivity contribution in [3.05, 3.63) is 70.0 Å². The number of carbonyl (C=O) groups is 2. The van der Waals surface area contributed by atoms with Crippen LogP contribution in [0.15, 0.2) is 48.8 Å². The van der Waals surface area contributed by atoms with Crippen LogP contribution < -0.4 is 11.1 Å². The molecule has 12 heteroatoms. The van der Waals surface area contributed by atoms with E-state index < -0.39 is 17.2 Å². The molecule has 1 aromatic carbocycles. The van der Waals surface area contributed by atoms with Crippen LogP contribution in [0, 0.1) is 10.1 Å². The van der Waals surface area contributed by atoms with Gasteiger partial charge in [-0.25, -0.2) is 4.79 Å². The van der Waals surface area contributed by atoms with Crippen molar-refractivity contribution in [3.8, 4) is 0 Å². The van der Waals surface area contributed by atoms with E-state index in [4.69, 9.17) is 15.2 Å². The molecular weight excluding hydrogens is 464 g/mol. The van der Waals surface area contributed by atoms with Crippen molar-refractivity contribution in [2.24, 2.45) is 5.73 Å². The monoisotopic (exact) mass is 488 g/mol. The summed E-state index contributed by atoms with van der Waals surface area (Å²) in [7, 11) is 0. The summed E-state index contributed by atoms with van der Waals surface area (Å²) in [5.74, 6) is -0.749. The first-order valence-corrected chi connectivity index (χ1v) is 11.3. The molecule has 0 spiro atoms. The summed E-state index contributed by atoms with van der Waals surface area (Å²) in [4.78, 5) is 42.7. The van der Waals surface area contributed by atoms with E-state index >= 15 is 0 Å². The fourth-order valence-electron chi connectivity index (χ4n) is 3.08. The minimum Gasteiger partial charge on any atom is -0.434 e. The summed E-state index contributed by atoms with van der Waals surface area (Å²) in [5.41, 5.74) is 7.33. The Morgan fingerprint density at radius 2 is 1.91 bits per heavy atom. The molecule has 0 radical (unpaired) electrons. The van der Waals surface area contributed by atoms with Gasteiger partial charge in [-0.1, -0.05) is 24.3 Å². The first-order chi connectivity index (χ1) is 16.5. The minimum absolute atomic E-state index is 0.00113. The number of amides is 1. The molecule has 1 unspecified atom stereocenters. The van der Waals surface area contributed by atoms with Gasteiger partial charge in [0, 0.05) is 18.9 Å². The molecule has 11 nitrogen and oxygen atoms in total. The SMILES string of the molecule is NCC(C(=O)Nc1cc2ccncc2s1)c1ccc(COC(=O)OCCCCO[N+](=O)[O-])cc1. The Morgan fingerprint density at radius 3 is 2.62 bits per heavy atom. The van der Waals surface area contributed by atoms with Crippen molar-refractivity contribution in [2.75, 3.05) is 25.1 Å². The van der Waals surface area contributed by atoms with E-state index in [0.29, 0.717) is 18.4 Å². The number of fused-ring (bicyclic) bond motifs is 1. The Labute approximate surface area is 198 Å². The lowest BCUT2D eigenvalue weighted by Gasteiger charge is -2.15. The second-order valence-electron chi connectivity index (χ2n) is 7.19. The number of anilines is 1. The average molecular weight is 489 g/mol. The van der Waals surface area contributed by atoms with E-state index in [1.165, 1.54) is 11.3 Å². The zero-order valence-corrected chi connectivity index (χ0v) is 19.0. The molecule has 0 bridgehead atoms. The molecule has 34 heavy (non-hydrogen) atoms. The first kappa shape index (κ1) is 24.9. The van der Waals surface area contributed by atoms with Crippen LogP contribution in [-0.4, -0.2) is 41.9 Å². The van der Waals surface area contributed by atoms with Gasteiger partial charge >= 0.3 is 6.16 Å². The zero-order valence-electron chi connectivity index (χ0n) is 18.2. The van der Waals surface area contributed by atoms with Gasteiger partial charge in [-0.05, 0) is 41.5 Å². The van der Waals surface area contributed by atoms with Crippen molar-refractivity contribution in [2.45, 2.75) is 25.4 Å². The third-order valence-corrected chi connectivity index (χ3v) is 5.82. The fourth-order valence-corrected chi connectivity index (χ4v) is 4.01. The fraction of sp³-hybridized carbons (Fsp3) is 0.318. The highest BCUT2D eigenvalue weighted by molar-refractivity contribution is 7.22. The number of nitrogens with zero attached hydrogens (tertiary/aromatic N) is 2. The predicted octanol–water partition coefficient (Wildman–Crippen LogP) is 3.62. The van der Waals surface area contributed by atoms with E-state index in [2.05, 4.69) is 15.1 Å². The number of hydrogen-bond acceptors (Lipinski definition) is 10. The van der Waals surface area contributed by atoms with Crippen molar-refractivity contribution in [1.82, 2.24) is 4.98 Å². The third-order valence-electron chi connectivity index (χ3n) is 4.82. The van der Waals surface area contributed by atoms with Crippen molar-refractivity contribution in [1.29, 1.82) is 0 Å². The third kappa shape index (κ3) is 7.39. The van der Waals surface area contributed by atoms with Gasteiger partial charge in [-0.3, -0.25) is 9.78 Å². The first-order valence-electron chi connectivity index (χ1n) is 10.5. The highest BCUT2D eigenvalue weighted by atomic mass is 32.1. The second-order valence-corrected chi connectivity index (χ2v) is 8.28. The Kier molecular flexibility index (Phi) is 9.12. The number of unbranched alkanes of at least 4 members (excludes halogenated alkanes) is 1. The van der Waals surface area contributed by atoms with E-state index in [0.717, 1.165) is 20.7 Å². The van der Waals surface area contributed by atoms with Gasteiger partial charge in [0.2, 0.25) is 5.91 Å². The number of thiophene rings is 1. The number of nitrogens with one attached hydrogen (secondary N) is 1. The summed E-state index contributed by atoms with van der Waals surface area (Å²) >= 11 is 1.44. The van der Waals surface area contributed by atoms with Gasteiger partial charge in [0.05, 0.1) is 28.8 Å². The lowest BCUT2D eigenvalue weighted by Crippen LogP contribution is -2.27. The Morgan fingerprint density at radius 1 is 1.15 bits per heavy atom. The molecule has 0 aliphatic rings. The molecule has 1 atom stereocenters. The smallest absolute Gasteiger partial charge is 0.434 e. The van der Waals surface area contributed by atoms with E-state index in [1.54, 1.807) is 36.7 Å². The Hall–Kier alpha value is -3.77. The lowest BCUT2D eigenvalue weighted by molar-refractivity contribution is -0.757. The highest BCUT2D eigenvalue weighted by Gasteiger charge is 2.20. The molecule has 0 saturated carbocycles. The summed E-state index contributed by atoms with van der Waals surface area (Å²) in [6.45, 7) is 0.148. The van der Waals surface area contributed by atoms with Crippen LogP contribution in [0.25, 0.3) is 10.1 Å². The molecular formula is C22H24N4O7S. The maximum absolute atomic E-state index is 12.8. The molecule has 2 heterocycles. The minimum atomic E-state index is -0.869. The number of pyridine rings is 1. The highest BCUT2D eigenvalue weighted by Crippen LogP contribution is 2.29. The molecule has 3 rings (SSSR count). The summed E-state index contributed by atoms with van der Waals surface area (Å²) in [6.07, 6.45) is 3.41. The summed E-state index contributed by atoms with van der Waals surface area (Å²) < 4.78 is 10.9. The van der Waals surface area contributed by atoms with Crippen molar-refractivity contribution >= 4 is 38.5 Å². The number of rotatable bonds is 12. The standard InChI is InChI=1S/C22H24N4O7S/c23-12-18(21(27)25-20-11-17-7-8-24-13-19(17)34-20)16-5-3-15(4-6-16)14-32-22(28)31-9-1-2-10-33-26(29)30/h3-8,11,13,18H,1-2,9-10,12,14,23H2,(H,25,27). The summed E-state index contributed by atoms with van der Waals surface area (Å²) in [6, 6.07) is 10.8. The van der Waals surface area contributed by atoms with Gasteiger partial charge in [-0.2, -0.15) is 0 Å². The van der Waals surface area contributed by atoms with E-state index in [9.17, 15) is 19.7 Å². The molecule has 180 valence electrons. The van der Waals surface area contributed by atoms with Crippen LogP contribution >= 0.6 is 11.3 Å². The molecule has 0 aliphatic heterocycles. The predicted molar refractivity (Wildman–Crippen MR) is 125 cm³/mol. The molecule has 3 aromatic rings. The number of aromatic nitrogens is 1. The lowest BCUT2D eigenvalue weighted by atomic mass is 9.97. The molecule has 0 saturated heterocycles. The molecule has 1 amide bonds. The number of benzene rings is 1. The summed E-state index contributed by atoms with van der Waals surface area (Å²) in [5, 5.41) is 13.8. The Bertz CT molecular complexity index is 1090. The molecule has 0 fully saturated rings. The van der Waals surface area contributed by atoms with Crippen LogP contribution in [0.5, 0.6) is 0 Å². The van der Waals surface area contributed by atoms with Gasteiger partial charge in [0.15, 0.2) is 0 Å². The van der Waals surface area contributed by atoms with Crippen molar-refractivity contribution in [3.63, 3.8) is 0 Å². The van der Waals surface area contributed by atoms with Crippen LogP contribution in [0.2, 0.25) is 0 Å². The number of nitrogens with two attached hydrogens (primary N) is 1. The number of carbonyl (C=O) groups excluding carboxylic acids is 2. The molecule has 0 aliphatic carbocycles. The van der Waals surface area contributed by atoms with Gasteiger partial charge in [-0.15, -0.1) is 21.5 Å².